The number of hydrogen-bond donors (Lipinski definition) is 1. The normalized spacial score (nSPS) is 12.6. The van der Waals surface area contributed by atoms with Gasteiger partial charge in [0.05, 0.1) is 20.2 Å². The lowest BCUT2D eigenvalue weighted by Crippen LogP contribution is -2.26. The number of rotatable bonds is 5. The van der Waals surface area contributed by atoms with Crippen molar-refractivity contribution in [2.24, 2.45) is 0 Å². The fraction of sp³-hybridized carbons (Fsp3) is 0.190. The summed E-state index contributed by atoms with van der Waals surface area (Å²) >= 11 is 0. The second-order valence-electron chi connectivity index (χ2n) is 6.59. The van der Waals surface area contributed by atoms with Gasteiger partial charge in [-0.15, -0.1) is 0 Å². The first kappa shape index (κ1) is 18.7. The molecule has 0 saturated heterocycles. The number of carbonyl (C=O) groups excluding carboxylic acids is 2. The maximum absolute atomic E-state index is 13.3. The summed E-state index contributed by atoms with van der Waals surface area (Å²) in [6.07, 6.45) is 0. The number of hydrogen-bond acceptors (Lipinski definition) is 5. The van der Waals surface area contributed by atoms with E-state index >= 15 is 0 Å². The third-order valence-electron chi connectivity index (χ3n) is 4.59. The Morgan fingerprint density at radius 1 is 1.21 bits per heavy atom. The highest BCUT2D eigenvalue weighted by Crippen LogP contribution is 2.25. The fourth-order valence-corrected chi connectivity index (χ4v) is 3.13. The van der Waals surface area contributed by atoms with E-state index in [0.29, 0.717) is 23.7 Å². The molecule has 2 aromatic carbocycles. The second kappa shape index (κ2) is 7.75. The number of carbonyl (C=O) groups is 2. The minimum absolute atomic E-state index is 0.0456. The van der Waals surface area contributed by atoms with Crippen LogP contribution in [-0.4, -0.2) is 28.8 Å². The predicted octanol–water partition coefficient (Wildman–Crippen LogP) is 2.91. The van der Waals surface area contributed by atoms with Crippen LogP contribution in [0.3, 0.4) is 0 Å². The third-order valence-corrected chi connectivity index (χ3v) is 4.59. The summed E-state index contributed by atoms with van der Waals surface area (Å²) in [4.78, 5) is 30.5. The second-order valence-corrected chi connectivity index (χ2v) is 6.59. The summed E-state index contributed by atoms with van der Waals surface area (Å²) in [6, 6.07) is 12.9. The van der Waals surface area contributed by atoms with Crippen molar-refractivity contribution in [2.45, 2.75) is 19.6 Å². The van der Waals surface area contributed by atoms with Crippen molar-refractivity contribution in [2.75, 3.05) is 7.11 Å². The molecular weight excluding hydrogens is 377 g/mol. The van der Waals surface area contributed by atoms with Crippen molar-refractivity contribution < 1.29 is 23.1 Å². The van der Waals surface area contributed by atoms with E-state index in [1.54, 1.807) is 13.2 Å². The molecule has 7 nitrogen and oxygen atoms in total. The number of methoxy groups -OCH3 is 1. The first-order valence-electron chi connectivity index (χ1n) is 8.98. The Hall–Kier alpha value is -3.68. The molecule has 0 aliphatic carbocycles. The summed E-state index contributed by atoms with van der Waals surface area (Å²) in [5.41, 5.74) is 1.66. The summed E-state index contributed by atoms with van der Waals surface area (Å²) < 4.78 is 24.0. The monoisotopic (exact) mass is 395 g/mol. The summed E-state index contributed by atoms with van der Waals surface area (Å²) in [6.45, 7) is 0.686. The van der Waals surface area contributed by atoms with E-state index in [9.17, 15) is 14.0 Å². The molecule has 0 unspecified atom stereocenters. The number of ether oxygens (including phenoxy) is 1. The third kappa shape index (κ3) is 3.96. The smallest absolute Gasteiger partial charge is 0.307 e. The zero-order valence-electron chi connectivity index (χ0n) is 15.6. The van der Waals surface area contributed by atoms with E-state index in [2.05, 4.69) is 10.3 Å². The van der Waals surface area contributed by atoms with Gasteiger partial charge in [0, 0.05) is 12.1 Å². The Labute approximate surface area is 166 Å². The molecule has 0 spiro atoms. The molecule has 1 aromatic heterocycles. The van der Waals surface area contributed by atoms with Gasteiger partial charge in [0.2, 0.25) is 0 Å². The molecule has 2 heterocycles. The van der Waals surface area contributed by atoms with Gasteiger partial charge >= 0.3 is 5.91 Å². The lowest BCUT2D eigenvalue weighted by Gasteiger charge is -2.15. The van der Waals surface area contributed by atoms with Crippen LogP contribution in [0.5, 0.6) is 5.75 Å². The van der Waals surface area contributed by atoms with E-state index in [1.165, 1.54) is 23.1 Å². The lowest BCUT2D eigenvalue weighted by molar-refractivity contribution is 0.0740. The van der Waals surface area contributed by atoms with Crippen molar-refractivity contribution in [3.63, 3.8) is 0 Å². The molecule has 148 valence electrons. The SMILES string of the molecule is COc1cccc(CNC(=O)c2nc3c(o2)CN(C(=O)c2cccc(F)c2)C3)c1. The van der Waals surface area contributed by atoms with Crippen molar-refractivity contribution in [3.05, 3.63) is 82.8 Å². The number of fused-ring (bicyclic) bond motifs is 1. The van der Waals surface area contributed by atoms with E-state index < -0.39 is 11.7 Å². The highest BCUT2D eigenvalue weighted by atomic mass is 19.1. The van der Waals surface area contributed by atoms with Gasteiger partial charge in [-0.05, 0) is 35.9 Å². The Morgan fingerprint density at radius 2 is 2.03 bits per heavy atom. The minimum atomic E-state index is -0.472. The summed E-state index contributed by atoms with van der Waals surface area (Å²) in [5, 5.41) is 2.75. The first-order valence-corrected chi connectivity index (χ1v) is 8.98. The van der Waals surface area contributed by atoms with Crippen LogP contribution >= 0.6 is 0 Å². The molecule has 29 heavy (non-hydrogen) atoms. The number of oxazole rings is 1. The highest BCUT2D eigenvalue weighted by Gasteiger charge is 2.31. The molecule has 0 fully saturated rings. The van der Waals surface area contributed by atoms with E-state index in [4.69, 9.17) is 9.15 Å². The van der Waals surface area contributed by atoms with Crippen LogP contribution in [0.2, 0.25) is 0 Å². The predicted molar refractivity (Wildman–Crippen MR) is 101 cm³/mol. The average molecular weight is 395 g/mol. The largest absolute Gasteiger partial charge is 0.497 e. The minimum Gasteiger partial charge on any atom is -0.497 e. The maximum Gasteiger partial charge on any atom is 0.307 e. The summed E-state index contributed by atoms with van der Waals surface area (Å²) in [5.74, 6) is -0.112. The molecule has 4 rings (SSSR count). The number of amides is 2. The molecule has 1 aliphatic heterocycles. The van der Waals surface area contributed by atoms with Crippen LogP contribution in [0.4, 0.5) is 4.39 Å². The van der Waals surface area contributed by atoms with Gasteiger partial charge in [-0.2, -0.15) is 0 Å². The Bertz CT molecular complexity index is 1060. The van der Waals surface area contributed by atoms with Gasteiger partial charge in [0.25, 0.3) is 11.8 Å². The quantitative estimate of drug-likeness (QED) is 0.718. The molecule has 0 saturated carbocycles. The topological polar surface area (TPSA) is 84.7 Å². The van der Waals surface area contributed by atoms with Gasteiger partial charge in [-0.3, -0.25) is 9.59 Å². The van der Waals surface area contributed by atoms with Crippen LogP contribution in [0, 0.1) is 5.82 Å². The maximum atomic E-state index is 13.3. The Kier molecular flexibility index (Phi) is 4.99. The number of halogens is 1. The number of aromatic nitrogens is 1. The molecule has 0 radical (unpaired) electrons. The molecule has 2 amide bonds. The number of benzene rings is 2. The Morgan fingerprint density at radius 3 is 2.79 bits per heavy atom. The van der Waals surface area contributed by atoms with Crippen LogP contribution in [0.15, 0.2) is 52.9 Å². The fourth-order valence-electron chi connectivity index (χ4n) is 3.13. The van der Waals surface area contributed by atoms with Gasteiger partial charge in [0.15, 0.2) is 0 Å². The molecule has 0 bridgehead atoms. The van der Waals surface area contributed by atoms with E-state index in [-0.39, 0.29) is 30.5 Å². The van der Waals surface area contributed by atoms with E-state index in [1.807, 2.05) is 24.3 Å². The molecule has 8 heteroatoms. The summed E-state index contributed by atoms with van der Waals surface area (Å²) in [7, 11) is 1.58. The Balaban J connectivity index is 1.38. The molecule has 1 N–H and O–H groups in total. The zero-order valence-corrected chi connectivity index (χ0v) is 15.6. The number of nitrogens with one attached hydrogen (secondary N) is 1. The van der Waals surface area contributed by atoms with Gasteiger partial charge in [-0.1, -0.05) is 18.2 Å². The molecular formula is C21H18FN3O4. The number of nitrogens with zero attached hydrogens (tertiary/aromatic N) is 2. The van der Waals surface area contributed by atoms with Crippen LogP contribution < -0.4 is 10.1 Å². The first-order chi connectivity index (χ1) is 14.0. The van der Waals surface area contributed by atoms with Crippen molar-refractivity contribution >= 4 is 11.8 Å². The zero-order chi connectivity index (χ0) is 20.4. The van der Waals surface area contributed by atoms with Crippen molar-refractivity contribution in [3.8, 4) is 5.75 Å². The standard InChI is InChI=1S/C21H18FN3O4/c1-28-16-7-2-4-13(8-16)10-23-19(26)20-24-17-11-25(12-18(17)29-20)21(27)14-5-3-6-15(22)9-14/h2-9H,10-12H2,1H3,(H,23,26). The highest BCUT2D eigenvalue weighted by molar-refractivity contribution is 5.94. The van der Waals surface area contributed by atoms with Gasteiger partial charge < -0.3 is 19.4 Å². The van der Waals surface area contributed by atoms with Crippen molar-refractivity contribution in [1.29, 1.82) is 0 Å². The van der Waals surface area contributed by atoms with Gasteiger partial charge in [0.1, 0.15) is 23.0 Å². The van der Waals surface area contributed by atoms with Gasteiger partial charge in [-0.25, -0.2) is 9.37 Å². The van der Waals surface area contributed by atoms with Crippen LogP contribution in [0.25, 0.3) is 0 Å². The van der Waals surface area contributed by atoms with Crippen LogP contribution in [0.1, 0.15) is 38.1 Å². The molecule has 0 atom stereocenters. The lowest BCUT2D eigenvalue weighted by atomic mass is 10.2. The molecule has 1 aliphatic rings. The van der Waals surface area contributed by atoms with E-state index in [0.717, 1.165) is 5.56 Å². The van der Waals surface area contributed by atoms with Crippen molar-refractivity contribution in [1.82, 2.24) is 15.2 Å². The van der Waals surface area contributed by atoms with Crippen LogP contribution in [-0.2, 0) is 19.6 Å². The molecule has 3 aromatic rings. The average Bonchev–Trinajstić information content (AvgIpc) is 3.31.